The third kappa shape index (κ3) is 11.2. The fourth-order valence-corrected chi connectivity index (χ4v) is 3.19. The molecule has 0 nitrogen and oxygen atoms in total. The highest BCUT2D eigenvalue weighted by Crippen LogP contribution is 2.30. The van der Waals surface area contributed by atoms with Gasteiger partial charge in [0.25, 0.3) is 0 Å². The van der Waals surface area contributed by atoms with E-state index in [0.717, 1.165) is 29.6 Å². The normalized spacial score (nSPS) is 17.7. The molecule has 0 aromatic carbocycles. The summed E-state index contributed by atoms with van der Waals surface area (Å²) < 4.78 is 0. The minimum atomic E-state index is 0.864. The van der Waals surface area contributed by atoms with Crippen LogP contribution < -0.4 is 0 Å². The van der Waals surface area contributed by atoms with Gasteiger partial charge in [-0.05, 0) is 42.4 Å². The molecule has 0 saturated heterocycles. The predicted octanol–water partition coefficient (Wildman–Crippen LogP) is 7.72. The van der Waals surface area contributed by atoms with Gasteiger partial charge in [-0.25, -0.2) is 0 Å². The van der Waals surface area contributed by atoms with E-state index in [9.17, 15) is 0 Å². The minimum Gasteiger partial charge on any atom is -0.0651 e. The zero-order valence-electron chi connectivity index (χ0n) is 16.3. The quantitative estimate of drug-likeness (QED) is 0.326. The van der Waals surface area contributed by atoms with Crippen molar-refractivity contribution in [3.05, 3.63) is 0 Å². The van der Waals surface area contributed by atoms with E-state index in [1.165, 1.54) is 57.8 Å². The van der Waals surface area contributed by atoms with E-state index < -0.39 is 0 Å². The summed E-state index contributed by atoms with van der Waals surface area (Å²) in [6, 6.07) is 0. The summed E-state index contributed by atoms with van der Waals surface area (Å²) in [5, 5.41) is 0. The van der Waals surface area contributed by atoms with Gasteiger partial charge in [0.2, 0.25) is 0 Å². The fraction of sp³-hybridized carbons (Fsp3) is 1.00. The number of hydrogen-bond acceptors (Lipinski definition) is 0. The second-order valence-corrected chi connectivity index (χ2v) is 8.24. The van der Waals surface area contributed by atoms with Gasteiger partial charge < -0.3 is 0 Å². The second kappa shape index (κ2) is 12.5. The Morgan fingerprint density at radius 1 is 0.571 bits per heavy atom. The van der Waals surface area contributed by atoms with E-state index in [1.54, 1.807) is 0 Å². The minimum absolute atomic E-state index is 0.864. The molecule has 0 rings (SSSR count). The monoisotopic (exact) mass is 296 g/mol. The van der Waals surface area contributed by atoms with Gasteiger partial charge in [0, 0.05) is 0 Å². The first-order chi connectivity index (χ1) is 9.90. The molecule has 0 saturated carbocycles. The maximum absolute atomic E-state index is 2.53. The Kier molecular flexibility index (Phi) is 12.5. The highest BCUT2D eigenvalue weighted by Gasteiger charge is 2.18. The summed E-state index contributed by atoms with van der Waals surface area (Å²) in [6.45, 7) is 16.8. The molecule has 0 aromatic rings. The lowest BCUT2D eigenvalue weighted by Crippen LogP contribution is -2.14. The van der Waals surface area contributed by atoms with Crippen LogP contribution in [0.3, 0.4) is 0 Å². The first kappa shape index (κ1) is 21.0. The molecular formula is C21H44. The first-order valence-corrected chi connectivity index (χ1v) is 9.90. The van der Waals surface area contributed by atoms with E-state index >= 15 is 0 Å². The van der Waals surface area contributed by atoms with Crippen LogP contribution in [-0.2, 0) is 0 Å². The van der Waals surface area contributed by atoms with Crippen LogP contribution in [0.25, 0.3) is 0 Å². The summed E-state index contributed by atoms with van der Waals surface area (Å²) in [6.07, 6.45) is 12.8. The van der Waals surface area contributed by atoms with Crippen molar-refractivity contribution in [2.75, 3.05) is 0 Å². The Balaban J connectivity index is 4.20. The molecule has 0 aliphatic heterocycles. The van der Waals surface area contributed by atoms with Crippen LogP contribution in [0.4, 0.5) is 0 Å². The largest absolute Gasteiger partial charge is 0.0651 e. The standard InChI is InChI=1S/C21H44/c1-8-18(5)11-10-12-20(7)21(15-13-17(3)4)16-14-19(6)9-2/h17-21H,8-16H2,1-7H3. The Hall–Kier alpha value is 0. The van der Waals surface area contributed by atoms with Crippen LogP contribution in [-0.4, -0.2) is 0 Å². The SMILES string of the molecule is CCC(C)CCCC(C)C(CCC(C)C)CCC(C)CC. The topological polar surface area (TPSA) is 0 Å². The van der Waals surface area contributed by atoms with Crippen molar-refractivity contribution in [2.45, 2.75) is 106 Å². The molecule has 0 spiro atoms. The van der Waals surface area contributed by atoms with Gasteiger partial charge in [0.05, 0.1) is 0 Å². The van der Waals surface area contributed by atoms with Crippen molar-refractivity contribution in [2.24, 2.45) is 29.6 Å². The van der Waals surface area contributed by atoms with Gasteiger partial charge in [-0.2, -0.15) is 0 Å². The van der Waals surface area contributed by atoms with E-state index in [1.807, 2.05) is 0 Å². The van der Waals surface area contributed by atoms with Crippen molar-refractivity contribution in [1.29, 1.82) is 0 Å². The third-order valence-corrected chi connectivity index (χ3v) is 5.70. The molecule has 0 heterocycles. The van der Waals surface area contributed by atoms with Crippen LogP contribution >= 0.6 is 0 Å². The van der Waals surface area contributed by atoms with E-state index in [-0.39, 0.29) is 0 Å². The van der Waals surface area contributed by atoms with E-state index in [2.05, 4.69) is 48.5 Å². The molecule has 0 bridgehead atoms. The lowest BCUT2D eigenvalue weighted by Gasteiger charge is -2.26. The maximum Gasteiger partial charge on any atom is -0.0388 e. The van der Waals surface area contributed by atoms with Crippen molar-refractivity contribution in [3.8, 4) is 0 Å². The molecule has 0 heteroatoms. The molecule has 0 N–H and O–H groups in total. The van der Waals surface area contributed by atoms with Gasteiger partial charge in [-0.15, -0.1) is 0 Å². The van der Waals surface area contributed by atoms with Gasteiger partial charge in [0.15, 0.2) is 0 Å². The molecular weight excluding hydrogens is 252 g/mol. The van der Waals surface area contributed by atoms with Crippen molar-refractivity contribution < 1.29 is 0 Å². The maximum atomic E-state index is 2.53. The van der Waals surface area contributed by atoms with Crippen LogP contribution in [0.5, 0.6) is 0 Å². The molecule has 0 aliphatic carbocycles. The highest BCUT2D eigenvalue weighted by atomic mass is 14.2. The van der Waals surface area contributed by atoms with Crippen molar-refractivity contribution >= 4 is 0 Å². The van der Waals surface area contributed by atoms with Crippen LogP contribution in [0.2, 0.25) is 0 Å². The molecule has 0 amide bonds. The molecule has 0 aromatic heterocycles. The number of hydrogen-bond donors (Lipinski definition) is 0. The van der Waals surface area contributed by atoms with Gasteiger partial charge in [-0.1, -0.05) is 93.4 Å². The molecule has 21 heavy (non-hydrogen) atoms. The first-order valence-electron chi connectivity index (χ1n) is 9.90. The van der Waals surface area contributed by atoms with Crippen LogP contribution in [0.1, 0.15) is 106 Å². The zero-order chi connectivity index (χ0) is 16.3. The lowest BCUT2D eigenvalue weighted by molar-refractivity contribution is 0.253. The van der Waals surface area contributed by atoms with Crippen LogP contribution in [0, 0.1) is 29.6 Å². The Morgan fingerprint density at radius 2 is 1.10 bits per heavy atom. The second-order valence-electron chi connectivity index (χ2n) is 8.24. The Morgan fingerprint density at radius 3 is 1.62 bits per heavy atom. The summed E-state index contributed by atoms with van der Waals surface area (Å²) in [4.78, 5) is 0. The molecule has 128 valence electrons. The third-order valence-electron chi connectivity index (χ3n) is 5.70. The fourth-order valence-electron chi connectivity index (χ4n) is 3.19. The molecule has 0 fully saturated rings. The van der Waals surface area contributed by atoms with E-state index in [0.29, 0.717) is 0 Å². The lowest BCUT2D eigenvalue weighted by atomic mass is 9.80. The Bertz CT molecular complexity index is 218. The molecule has 0 aliphatic rings. The summed E-state index contributed by atoms with van der Waals surface area (Å²) >= 11 is 0. The molecule has 0 radical (unpaired) electrons. The average Bonchev–Trinajstić information content (AvgIpc) is 2.46. The average molecular weight is 297 g/mol. The molecule has 4 atom stereocenters. The number of rotatable bonds is 13. The summed E-state index contributed by atoms with van der Waals surface area (Å²) in [5.74, 6) is 4.60. The van der Waals surface area contributed by atoms with Gasteiger partial charge in [0.1, 0.15) is 0 Å². The zero-order valence-corrected chi connectivity index (χ0v) is 16.3. The summed E-state index contributed by atoms with van der Waals surface area (Å²) in [7, 11) is 0. The van der Waals surface area contributed by atoms with E-state index in [4.69, 9.17) is 0 Å². The van der Waals surface area contributed by atoms with Crippen LogP contribution in [0.15, 0.2) is 0 Å². The predicted molar refractivity (Wildman–Crippen MR) is 98.7 cm³/mol. The van der Waals surface area contributed by atoms with Crippen molar-refractivity contribution in [3.63, 3.8) is 0 Å². The highest BCUT2D eigenvalue weighted by molar-refractivity contribution is 4.70. The summed E-state index contributed by atoms with van der Waals surface area (Å²) in [5.41, 5.74) is 0. The van der Waals surface area contributed by atoms with Crippen molar-refractivity contribution in [1.82, 2.24) is 0 Å². The molecule has 4 unspecified atom stereocenters. The smallest absolute Gasteiger partial charge is 0.0388 e. The van der Waals surface area contributed by atoms with Gasteiger partial charge >= 0.3 is 0 Å². The van der Waals surface area contributed by atoms with Gasteiger partial charge in [-0.3, -0.25) is 0 Å². The Labute approximate surface area is 136 Å².